The average Bonchev–Trinajstić information content (AvgIpc) is 3.20. The van der Waals surface area contributed by atoms with Crippen LogP contribution in [0.15, 0.2) is 66.7 Å². The van der Waals surface area contributed by atoms with Crippen LogP contribution in [0.5, 0.6) is 17.2 Å². The lowest BCUT2D eigenvalue weighted by Crippen LogP contribution is -2.47. The molecular weight excluding hydrogens is 444 g/mol. The molecule has 7 nitrogen and oxygen atoms in total. The molecule has 2 aliphatic heterocycles. The molecule has 0 radical (unpaired) electrons. The Hall–Kier alpha value is -3.84. The Morgan fingerprint density at radius 1 is 0.771 bits per heavy atom. The number of benzene rings is 3. The summed E-state index contributed by atoms with van der Waals surface area (Å²) in [6.07, 6.45) is 0.840. The zero-order chi connectivity index (χ0) is 24.5. The molecule has 0 aromatic heterocycles. The largest absolute Gasteiger partial charge is 0.496 e. The SMILES string of the molecule is COc1cc2c(cc1OC)[C@@H](c1ccccc1OC)N([C@@H]1CC(=O)N(c3ccccc3)C1=O)CC2. The summed E-state index contributed by atoms with van der Waals surface area (Å²) < 4.78 is 16.9. The van der Waals surface area contributed by atoms with Crippen LogP contribution in [0, 0.1) is 0 Å². The van der Waals surface area contributed by atoms with Gasteiger partial charge in [-0.25, -0.2) is 4.90 Å². The number of amides is 2. The molecule has 3 aromatic carbocycles. The molecule has 7 heteroatoms. The van der Waals surface area contributed by atoms with Crippen molar-refractivity contribution in [1.82, 2.24) is 4.90 Å². The summed E-state index contributed by atoms with van der Waals surface area (Å²) in [6, 6.07) is 20.0. The maximum Gasteiger partial charge on any atom is 0.251 e. The molecule has 1 fully saturated rings. The van der Waals surface area contributed by atoms with E-state index in [0.717, 1.165) is 22.4 Å². The second kappa shape index (κ2) is 9.43. The number of nitrogens with zero attached hydrogens (tertiary/aromatic N) is 2. The highest BCUT2D eigenvalue weighted by Crippen LogP contribution is 2.45. The second-order valence-corrected chi connectivity index (χ2v) is 8.66. The first-order valence-electron chi connectivity index (χ1n) is 11.6. The van der Waals surface area contributed by atoms with E-state index < -0.39 is 6.04 Å². The van der Waals surface area contributed by atoms with Gasteiger partial charge >= 0.3 is 0 Å². The lowest BCUT2D eigenvalue weighted by molar-refractivity contribution is -0.123. The number of carbonyl (C=O) groups excluding carboxylic acids is 2. The molecule has 0 saturated carbocycles. The fraction of sp³-hybridized carbons (Fsp3) is 0.286. The highest BCUT2D eigenvalue weighted by molar-refractivity contribution is 6.22. The Bertz CT molecular complexity index is 1260. The van der Waals surface area contributed by atoms with E-state index in [1.54, 1.807) is 33.5 Å². The Labute approximate surface area is 204 Å². The summed E-state index contributed by atoms with van der Waals surface area (Å²) >= 11 is 0. The average molecular weight is 473 g/mol. The molecule has 1 saturated heterocycles. The van der Waals surface area contributed by atoms with Crippen molar-refractivity contribution in [2.45, 2.75) is 24.9 Å². The van der Waals surface area contributed by atoms with Crippen LogP contribution in [0.3, 0.4) is 0 Å². The standard InChI is InChI=1S/C28H28N2O5/c1-33-23-12-8-7-11-20(23)27-21-16-25(35-3)24(34-2)15-18(21)13-14-29(27)22-17-26(31)30(28(22)32)19-9-5-4-6-10-19/h4-12,15-16,22,27H,13-14,17H2,1-3H3/t22-,27-/m1/s1. The van der Waals surface area contributed by atoms with Gasteiger partial charge < -0.3 is 14.2 Å². The summed E-state index contributed by atoms with van der Waals surface area (Å²) in [7, 11) is 4.88. The van der Waals surface area contributed by atoms with E-state index in [1.165, 1.54) is 4.90 Å². The van der Waals surface area contributed by atoms with Crippen LogP contribution < -0.4 is 19.1 Å². The lowest BCUT2D eigenvalue weighted by Gasteiger charge is -2.41. The van der Waals surface area contributed by atoms with Gasteiger partial charge in [0.25, 0.3) is 5.91 Å². The number of para-hydroxylation sites is 2. The number of methoxy groups -OCH3 is 3. The van der Waals surface area contributed by atoms with E-state index in [2.05, 4.69) is 4.90 Å². The smallest absolute Gasteiger partial charge is 0.251 e. The van der Waals surface area contributed by atoms with Crippen LogP contribution in [0.1, 0.15) is 29.2 Å². The van der Waals surface area contributed by atoms with Gasteiger partial charge in [-0.3, -0.25) is 14.5 Å². The van der Waals surface area contributed by atoms with E-state index in [0.29, 0.717) is 30.2 Å². The number of hydrogen-bond donors (Lipinski definition) is 0. The van der Waals surface area contributed by atoms with Gasteiger partial charge in [0.1, 0.15) is 5.75 Å². The van der Waals surface area contributed by atoms with Crippen LogP contribution in [0.2, 0.25) is 0 Å². The first-order chi connectivity index (χ1) is 17.1. The molecule has 0 aliphatic carbocycles. The third-order valence-corrected chi connectivity index (χ3v) is 6.88. The van der Waals surface area contributed by atoms with Gasteiger partial charge in [-0.2, -0.15) is 0 Å². The van der Waals surface area contributed by atoms with Gasteiger partial charge in [0, 0.05) is 12.1 Å². The fourth-order valence-electron chi connectivity index (χ4n) is 5.26. The zero-order valence-corrected chi connectivity index (χ0v) is 20.1. The van der Waals surface area contributed by atoms with Crippen LogP contribution in [0.4, 0.5) is 5.69 Å². The maximum absolute atomic E-state index is 13.7. The summed E-state index contributed by atoms with van der Waals surface area (Å²) in [5, 5.41) is 0. The fourth-order valence-corrected chi connectivity index (χ4v) is 5.26. The predicted octanol–water partition coefficient (Wildman–Crippen LogP) is 3.99. The topological polar surface area (TPSA) is 68.3 Å². The summed E-state index contributed by atoms with van der Waals surface area (Å²) in [5.74, 6) is 1.61. The Kier molecular flexibility index (Phi) is 6.17. The molecule has 3 aromatic rings. The third-order valence-electron chi connectivity index (χ3n) is 6.88. The monoisotopic (exact) mass is 472 g/mol. The van der Waals surface area contributed by atoms with Crippen molar-refractivity contribution >= 4 is 17.5 Å². The van der Waals surface area contributed by atoms with Gasteiger partial charge in [-0.05, 0) is 47.9 Å². The van der Waals surface area contributed by atoms with Crippen molar-refractivity contribution in [2.24, 2.45) is 0 Å². The van der Waals surface area contributed by atoms with Crippen LogP contribution in [-0.4, -0.2) is 50.6 Å². The minimum atomic E-state index is -0.584. The van der Waals surface area contributed by atoms with Gasteiger partial charge in [-0.15, -0.1) is 0 Å². The summed E-state index contributed by atoms with van der Waals surface area (Å²) in [6.45, 7) is 0.609. The van der Waals surface area contributed by atoms with Crippen molar-refractivity contribution < 1.29 is 23.8 Å². The molecule has 2 aliphatic rings. The number of fused-ring (bicyclic) bond motifs is 1. The molecule has 5 rings (SSSR count). The van der Waals surface area contributed by atoms with Crippen molar-refractivity contribution in [1.29, 1.82) is 0 Å². The molecule has 0 spiro atoms. The Morgan fingerprint density at radius 2 is 1.43 bits per heavy atom. The van der Waals surface area contributed by atoms with Gasteiger partial charge in [-0.1, -0.05) is 36.4 Å². The van der Waals surface area contributed by atoms with E-state index in [1.807, 2.05) is 54.6 Å². The van der Waals surface area contributed by atoms with Crippen LogP contribution in [-0.2, 0) is 16.0 Å². The lowest BCUT2D eigenvalue weighted by atomic mass is 9.86. The minimum absolute atomic E-state index is 0.127. The van der Waals surface area contributed by atoms with E-state index in [4.69, 9.17) is 14.2 Å². The molecule has 0 bridgehead atoms. The first-order valence-corrected chi connectivity index (χ1v) is 11.6. The molecule has 0 N–H and O–H groups in total. The Morgan fingerprint density at radius 3 is 2.14 bits per heavy atom. The van der Waals surface area contributed by atoms with Crippen molar-refractivity contribution in [3.63, 3.8) is 0 Å². The van der Waals surface area contributed by atoms with Gasteiger partial charge in [0.05, 0.1) is 45.5 Å². The second-order valence-electron chi connectivity index (χ2n) is 8.66. The number of carbonyl (C=O) groups is 2. The third kappa shape index (κ3) is 3.91. The number of hydrogen-bond acceptors (Lipinski definition) is 6. The zero-order valence-electron chi connectivity index (χ0n) is 20.1. The molecule has 35 heavy (non-hydrogen) atoms. The van der Waals surface area contributed by atoms with Crippen molar-refractivity contribution in [3.8, 4) is 17.2 Å². The normalized spacial score (nSPS) is 20.0. The van der Waals surface area contributed by atoms with E-state index in [9.17, 15) is 9.59 Å². The van der Waals surface area contributed by atoms with Crippen LogP contribution >= 0.6 is 0 Å². The van der Waals surface area contributed by atoms with Crippen molar-refractivity contribution in [2.75, 3.05) is 32.8 Å². The number of imide groups is 1. The molecular formula is C28H28N2O5. The highest BCUT2D eigenvalue weighted by Gasteiger charge is 2.47. The quantitative estimate of drug-likeness (QED) is 0.506. The number of ether oxygens (including phenoxy) is 3. The maximum atomic E-state index is 13.7. The predicted molar refractivity (Wildman–Crippen MR) is 132 cm³/mol. The number of rotatable bonds is 6. The van der Waals surface area contributed by atoms with E-state index >= 15 is 0 Å². The summed E-state index contributed by atoms with van der Waals surface area (Å²) in [4.78, 5) is 30.2. The molecule has 180 valence electrons. The molecule has 2 atom stereocenters. The molecule has 0 unspecified atom stereocenters. The van der Waals surface area contributed by atoms with Crippen LogP contribution in [0.25, 0.3) is 0 Å². The Balaban J connectivity index is 1.62. The summed E-state index contributed by atoms with van der Waals surface area (Å²) in [5.41, 5.74) is 3.66. The minimum Gasteiger partial charge on any atom is -0.496 e. The highest BCUT2D eigenvalue weighted by atomic mass is 16.5. The molecule has 2 amide bonds. The molecule has 2 heterocycles. The number of anilines is 1. The van der Waals surface area contributed by atoms with Gasteiger partial charge in [0.15, 0.2) is 11.5 Å². The van der Waals surface area contributed by atoms with E-state index in [-0.39, 0.29) is 24.3 Å². The first kappa shape index (κ1) is 22.9. The van der Waals surface area contributed by atoms with Crippen molar-refractivity contribution in [3.05, 3.63) is 83.4 Å². The van der Waals surface area contributed by atoms with Gasteiger partial charge in [0.2, 0.25) is 5.91 Å².